The number of rotatable bonds is 5. The normalized spacial score (nSPS) is 10.1. The number of carbonyl (C=O) groups excluding carboxylic acids is 1. The third-order valence-electron chi connectivity index (χ3n) is 2.84. The van der Waals surface area contributed by atoms with Crippen LogP contribution in [0.1, 0.15) is 25.3 Å². The number of hydrogen-bond acceptors (Lipinski definition) is 4. The maximum atomic E-state index is 11.6. The van der Waals surface area contributed by atoms with Gasteiger partial charge in [0.1, 0.15) is 11.6 Å². The van der Waals surface area contributed by atoms with E-state index in [1.807, 2.05) is 6.92 Å². The summed E-state index contributed by atoms with van der Waals surface area (Å²) in [7, 11) is 0. The first-order chi connectivity index (χ1) is 10.1. The lowest BCUT2D eigenvalue weighted by Gasteiger charge is -2.09. The van der Waals surface area contributed by atoms with Crippen LogP contribution in [0.15, 0.2) is 36.5 Å². The first kappa shape index (κ1) is 14.6. The predicted octanol–water partition coefficient (Wildman–Crippen LogP) is 2.74. The topological polar surface area (TPSA) is 104 Å². The van der Waals surface area contributed by atoms with Crippen LogP contribution in [0.2, 0.25) is 0 Å². The number of H-pyrrole nitrogens is 1. The predicted molar refractivity (Wildman–Crippen MR) is 82.6 cm³/mol. The highest BCUT2D eigenvalue weighted by molar-refractivity contribution is 5.97. The number of nitrogens with one attached hydrogen (secondary N) is 3. The molecule has 6 heteroatoms. The van der Waals surface area contributed by atoms with E-state index in [9.17, 15) is 4.79 Å². The van der Waals surface area contributed by atoms with Gasteiger partial charge in [0.05, 0.1) is 5.56 Å². The van der Waals surface area contributed by atoms with Crippen molar-refractivity contribution >= 4 is 23.3 Å². The Morgan fingerprint density at radius 2 is 2.24 bits per heavy atom. The summed E-state index contributed by atoms with van der Waals surface area (Å²) in [5.41, 5.74) is 6.83. The zero-order valence-electron chi connectivity index (χ0n) is 11.8. The van der Waals surface area contributed by atoms with Gasteiger partial charge in [0.25, 0.3) is 0 Å². The minimum absolute atomic E-state index is 0.0420. The molecule has 2 aromatic rings. The SMILES string of the molecule is CCCC(=O)Nc1cccc(OC(=N)c2cc[nH]c2N)c1. The van der Waals surface area contributed by atoms with Crippen LogP contribution in [0.5, 0.6) is 5.75 Å². The fourth-order valence-corrected chi connectivity index (χ4v) is 1.84. The van der Waals surface area contributed by atoms with Crippen molar-refractivity contribution in [3.63, 3.8) is 0 Å². The molecule has 21 heavy (non-hydrogen) atoms. The summed E-state index contributed by atoms with van der Waals surface area (Å²) >= 11 is 0. The number of ether oxygens (including phenoxy) is 1. The molecule has 0 aliphatic heterocycles. The van der Waals surface area contributed by atoms with Crippen molar-refractivity contribution in [2.75, 3.05) is 11.1 Å². The molecule has 1 aromatic carbocycles. The van der Waals surface area contributed by atoms with Crippen LogP contribution in [-0.2, 0) is 4.79 Å². The van der Waals surface area contributed by atoms with Crippen molar-refractivity contribution in [1.82, 2.24) is 4.98 Å². The van der Waals surface area contributed by atoms with E-state index < -0.39 is 0 Å². The third kappa shape index (κ3) is 3.85. The highest BCUT2D eigenvalue weighted by Gasteiger charge is 2.10. The Bertz CT molecular complexity index is 649. The van der Waals surface area contributed by atoms with Crippen LogP contribution in [0.25, 0.3) is 0 Å². The summed E-state index contributed by atoms with van der Waals surface area (Å²) in [6, 6.07) is 8.59. The maximum absolute atomic E-state index is 11.6. The molecule has 1 amide bonds. The maximum Gasteiger partial charge on any atom is 0.224 e. The minimum atomic E-state index is -0.0502. The molecule has 0 aliphatic carbocycles. The Balaban J connectivity index is 2.06. The van der Waals surface area contributed by atoms with Crippen LogP contribution < -0.4 is 15.8 Å². The zero-order valence-corrected chi connectivity index (χ0v) is 11.8. The molecule has 1 heterocycles. The van der Waals surface area contributed by atoms with Gasteiger partial charge in [-0.2, -0.15) is 0 Å². The molecule has 0 aliphatic rings. The Hall–Kier alpha value is -2.76. The van der Waals surface area contributed by atoms with Gasteiger partial charge < -0.3 is 20.8 Å². The molecular formula is C15H18N4O2. The Morgan fingerprint density at radius 3 is 2.90 bits per heavy atom. The molecule has 0 unspecified atom stereocenters. The summed E-state index contributed by atoms with van der Waals surface area (Å²) in [4.78, 5) is 14.3. The first-order valence-electron chi connectivity index (χ1n) is 6.69. The van der Waals surface area contributed by atoms with Crippen molar-refractivity contribution in [2.24, 2.45) is 0 Å². The van der Waals surface area contributed by atoms with E-state index in [0.29, 0.717) is 29.2 Å². The number of carbonyl (C=O) groups is 1. The smallest absolute Gasteiger partial charge is 0.224 e. The van der Waals surface area contributed by atoms with Crippen LogP contribution >= 0.6 is 0 Å². The van der Waals surface area contributed by atoms with E-state index >= 15 is 0 Å². The van der Waals surface area contributed by atoms with Crippen LogP contribution in [0.4, 0.5) is 11.5 Å². The van der Waals surface area contributed by atoms with Crippen molar-refractivity contribution in [3.05, 3.63) is 42.1 Å². The van der Waals surface area contributed by atoms with E-state index in [1.54, 1.807) is 36.5 Å². The number of nitrogen functional groups attached to an aromatic ring is 1. The zero-order chi connectivity index (χ0) is 15.2. The van der Waals surface area contributed by atoms with Gasteiger partial charge in [0.2, 0.25) is 11.8 Å². The van der Waals surface area contributed by atoms with Gasteiger partial charge in [0, 0.05) is 24.4 Å². The summed E-state index contributed by atoms with van der Waals surface area (Å²) in [5, 5.41) is 10.7. The lowest BCUT2D eigenvalue weighted by molar-refractivity contribution is -0.116. The highest BCUT2D eigenvalue weighted by atomic mass is 16.5. The van der Waals surface area contributed by atoms with Crippen LogP contribution in [-0.4, -0.2) is 16.8 Å². The average Bonchev–Trinajstić information content (AvgIpc) is 2.85. The van der Waals surface area contributed by atoms with Gasteiger partial charge in [-0.25, -0.2) is 0 Å². The van der Waals surface area contributed by atoms with Crippen LogP contribution in [0, 0.1) is 5.41 Å². The van der Waals surface area contributed by atoms with Gasteiger partial charge >= 0.3 is 0 Å². The van der Waals surface area contributed by atoms with Crippen molar-refractivity contribution < 1.29 is 9.53 Å². The second kappa shape index (κ2) is 6.60. The molecule has 0 saturated heterocycles. The number of amides is 1. The largest absolute Gasteiger partial charge is 0.439 e. The Morgan fingerprint density at radius 1 is 1.43 bits per heavy atom. The van der Waals surface area contributed by atoms with E-state index in [-0.39, 0.29) is 11.8 Å². The van der Waals surface area contributed by atoms with Gasteiger partial charge in [-0.15, -0.1) is 0 Å². The Kier molecular flexibility index (Phi) is 4.61. The molecule has 0 saturated carbocycles. The van der Waals surface area contributed by atoms with E-state index in [2.05, 4.69) is 10.3 Å². The minimum Gasteiger partial charge on any atom is -0.439 e. The molecule has 1 aromatic heterocycles. The number of nitrogens with two attached hydrogens (primary N) is 1. The highest BCUT2D eigenvalue weighted by Crippen LogP contribution is 2.20. The molecular weight excluding hydrogens is 268 g/mol. The summed E-state index contributed by atoms with van der Waals surface area (Å²) < 4.78 is 5.45. The van der Waals surface area contributed by atoms with E-state index in [4.69, 9.17) is 15.9 Å². The lowest BCUT2D eigenvalue weighted by Crippen LogP contribution is -2.12. The molecule has 110 valence electrons. The Labute approximate surface area is 122 Å². The number of aromatic nitrogens is 1. The van der Waals surface area contributed by atoms with Gasteiger partial charge in [-0.1, -0.05) is 13.0 Å². The average molecular weight is 286 g/mol. The molecule has 0 fully saturated rings. The molecule has 6 nitrogen and oxygen atoms in total. The molecule has 0 spiro atoms. The fraction of sp³-hybridized carbons (Fsp3) is 0.200. The van der Waals surface area contributed by atoms with Crippen LogP contribution in [0.3, 0.4) is 0 Å². The van der Waals surface area contributed by atoms with Crippen molar-refractivity contribution in [3.8, 4) is 5.75 Å². The first-order valence-corrected chi connectivity index (χ1v) is 6.69. The fourth-order valence-electron chi connectivity index (χ4n) is 1.84. The number of hydrogen-bond donors (Lipinski definition) is 4. The standard InChI is InChI=1S/C15H18N4O2/c1-2-4-13(20)19-10-5-3-6-11(9-10)21-15(17)12-7-8-18-14(12)16/h3,5-9,17-18H,2,4,16H2,1H3,(H,19,20). The second-order valence-corrected chi connectivity index (χ2v) is 4.56. The molecule has 5 N–H and O–H groups in total. The lowest BCUT2D eigenvalue weighted by atomic mass is 10.2. The van der Waals surface area contributed by atoms with E-state index in [1.165, 1.54) is 0 Å². The van der Waals surface area contributed by atoms with Crippen molar-refractivity contribution in [2.45, 2.75) is 19.8 Å². The molecule has 2 rings (SSSR count). The summed E-state index contributed by atoms with van der Waals surface area (Å²) in [6.07, 6.45) is 2.91. The number of benzene rings is 1. The monoisotopic (exact) mass is 286 g/mol. The molecule has 0 bridgehead atoms. The third-order valence-corrected chi connectivity index (χ3v) is 2.84. The van der Waals surface area contributed by atoms with E-state index in [0.717, 1.165) is 6.42 Å². The van der Waals surface area contributed by atoms with Gasteiger partial charge in [0.15, 0.2) is 0 Å². The number of anilines is 2. The summed E-state index contributed by atoms with van der Waals surface area (Å²) in [6.45, 7) is 1.95. The second-order valence-electron chi connectivity index (χ2n) is 4.56. The van der Waals surface area contributed by atoms with Gasteiger partial charge in [-0.3, -0.25) is 10.2 Å². The quantitative estimate of drug-likeness (QED) is 0.501. The van der Waals surface area contributed by atoms with Crippen molar-refractivity contribution in [1.29, 1.82) is 5.41 Å². The number of aromatic amines is 1. The summed E-state index contributed by atoms with van der Waals surface area (Å²) in [5.74, 6) is 0.757. The molecule has 0 atom stereocenters. The molecule has 0 radical (unpaired) electrons. The van der Waals surface area contributed by atoms with Gasteiger partial charge in [-0.05, 0) is 24.6 Å².